The molecule has 3 rings (SSSR count). The first-order chi connectivity index (χ1) is 11.6. The van der Waals surface area contributed by atoms with Crippen molar-refractivity contribution in [2.75, 3.05) is 6.54 Å². The first-order valence-electron chi connectivity index (χ1n) is 9.86. The number of ether oxygens (including phenoxy) is 1. The molecule has 136 valence electrons. The summed E-state index contributed by atoms with van der Waals surface area (Å²) >= 11 is 0. The van der Waals surface area contributed by atoms with Gasteiger partial charge in [0.1, 0.15) is 6.10 Å². The molecule has 1 spiro atoms. The molecule has 0 aromatic heterocycles. The topological polar surface area (TPSA) is 58.6 Å². The first-order valence-corrected chi connectivity index (χ1v) is 9.86. The van der Waals surface area contributed by atoms with Crippen LogP contribution in [0.15, 0.2) is 0 Å². The van der Waals surface area contributed by atoms with E-state index < -0.39 is 0 Å². The molecule has 5 heteroatoms. The van der Waals surface area contributed by atoms with Gasteiger partial charge >= 0.3 is 6.09 Å². The van der Waals surface area contributed by atoms with Crippen LogP contribution in [0.3, 0.4) is 0 Å². The van der Waals surface area contributed by atoms with Crippen LogP contribution in [0.2, 0.25) is 0 Å². The number of carbonyl (C=O) groups excluding carboxylic acids is 2. The monoisotopic (exact) mass is 336 g/mol. The molecule has 1 saturated carbocycles. The Balaban J connectivity index is 1.62. The molecule has 2 saturated heterocycles. The fourth-order valence-electron chi connectivity index (χ4n) is 5.20. The van der Waals surface area contributed by atoms with Gasteiger partial charge in [-0.15, -0.1) is 0 Å². The second kappa shape index (κ2) is 7.32. The molecule has 3 aliphatic rings. The Morgan fingerprint density at radius 3 is 2.83 bits per heavy atom. The van der Waals surface area contributed by atoms with Gasteiger partial charge in [-0.3, -0.25) is 4.79 Å². The second-order valence-electron chi connectivity index (χ2n) is 7.80. The molecular formula is C19H32N2O3. The second-order valence-corrected chi connectivity index (χ2v) is 7.80. The summed E-state index contributed by atoms with van der Waals surface area (Å²) < 4.78 is 5.73. The molecule has 1 N–H and O–H groups in total. The van der Waals surface area contributed by atoms with Crippen molar-refractivity contribution in [2.45, 2.75) is 95.7 Å². The van der Waals surface area contributed by atoms with Crippen LogP contribution in [0.25, 0.3) is 0 Å². The predicted octanol–water partition coefficient (Wildman–Crippen LogP) is 3.62. The highest BCUT2D eigenvalue weighted by atomic mass is 16.6. The van der Waals surface area contributed by atoms with Gasteiger partial charge in [-0.2, -0.15) is 0 Å². The van der Waals surface area contributed by atoms with Crippen LogP contribution in [0, 0.1) is 5.92 Å². The van der Waals surface area contributed by atoms with Crippen molar-refractivity contribution < 1.29 is 14.3 Å². The van der Waals surface area contributed by atoms with Gasteiger partial charge in [-0.05, 0) is 63.7 Å². The number of hydrogen-bond acceptors (Lipinski definition) is 3. The summed E-state index contributed by atoms with van der Waals surface area (Å²) in [7, 11) is 0. The third kappa shape index (κ3) is 3.27. The molecule has 0 aromatic rings. The smallest absolute Gasteiger partial charge is 0.407 e. The average molecular weight is 336 g/mol. The standard InChI is InChI=1S/C19H32N2O3/c1-3-15(4-2)20-18(23)24-16-9-11-19-10-6-12-21(19)17(22)8-5-7-14(19)13-16/h14-16H,3-13H2,1-2H3,(H,20,23)/t14-,16-,19+/m0/s1. The van der Waals surface area contributed by atoms with E-state index in [2.05, 4.69) is 24.1 Å². The lowest BCUT2D eigenvalue weighted by atomic mass is 9.69. The van der Waals surface area contributed by atoms with Gasteiger partial charge in [0.15, 0.2) is 0 Å². The zero-order chi connectivity index (χ0) is 17.2. The van der Waals surface area contributed by atoms with Gasteiger partial charge < -0.3 is 15.0 Å². The molecule has 2 amide bonds. The maximum absolute atomic E-state index is 12.4. The SMILES string of the molecule is CCC(CC)NC(=O)O[C@H]1CC[C@@]23CCCN2C(=O)CCC[C@H]3C1. The molecule has 0 aromatic carbocycles. The Hall–Kier alpha value is -1.26. The average Bonchev–Trinajstić information content (AvgIpc) is 2.94. The van der Waals surface area contributed by atoms with Gasteiger partial charge in [0.05, 0.1) is 0 Å². The zero-order valence-corrected chi connectivity index (χ0v) is 15.2. The predicted molar refractivity (Wildman–Crippen MR) is 92.6 cm³/mol. The van der Waals surface area contributed by atoms with Crippen molar-refractivity contribution in [2.24, 2.45) is 5.92 Å². The summed E-state index contributed by atoms with van der Waals surface area (Å²) in [6, 6.07) is 0.202. The van der Waals surface area contributed by atoms with E-state index in [0.29, 0.717) is 18.2 Å². The summed E-state index contributed by atoms with van der Waals surface area (Å²) in [6.45, 7) is 5.09. The molecule has 5 nitrogen and oxygen atoms in total. The lowest BCUT2D eigenvalue weighted by Crippen LogP contribution is -2.55. The number of hydrogen-bond donors (Lipinski definition) is 1. The molecule has 3 atom stereocenters. The first kappa shape index (κ1) is 17.6. The van der Waals surface area contributed by atoms with Gasteiger partial charge in [0.25, 0.3) is 0 Å². The third-order valence-electron chi connectivity index (χ3n) is 6.56. The minimum atomic E-state index is -0.266. The fraction of sp³-hybridized carbons (Fsp3) is 0.895. The third-order valence-corrected chi connectivity index (χ3v) is 6.56. The van der Waals surface area contributed by atoms with E-state index in [9.17, 15) is 9.59 Å². The van der Waals surface area contributed by atoms with Crippen molar-refractivity contribution in [1.29, 1.82) is 0 Å². The van der Waals surface area contributed by atoms with Gasteiger partial charge in [0, 0.05) is 24.5 Å². The molecular weight excluding hydrogens is 304 g/mol. The van der Waals surface area contributed by atoms with Crippen molar-refractivity contribution >= 4 is 12.0 Å². The summed E-state index contributed by atoms with van der Waals surface area (Å²) in [4.78, 5) is 26.8. The maximum Gasteiger partial charge on any atom is 0.407 e. The Morgan fingerprint density at radius 2 is 2.08 bits per heavy atom. The zero-order valence-electron chi connectivity index (χ0n) is 15.2. The Labute approximate surface area is 145 Å². The normalized spacial score (nSPS) is 33.0. The molecule has 0 bridgehead atoms. The van der Waals surface area contributed by atoms with Crippen LogP contribution in [-0.4, -0.2) is 41.1 Å². The summed E-state index contributed by atoms with van der Waals surface area (Å²) in [5.74, 6) is 0.840. The summed E-state index contributed by atoms with van der Waals surface area (Å²) in [6.07, 6.45) is 9.42. The molecule has 24 heavy (non-hydrogen) atoms. The van der Waals surface area contributed by atoms with Crippen LogP contribution < -0.4 is 5.32 Å². The Kier molecular flexibility index (Phi) is 5.36. The van der Waals surface area contributed by atoms with Crippen molar-refractivity contribution in [3.8, 4) is 0 Å². The number of carbonyl (C=O) groups is 2. The lowest BCUT2D eigenvalue weighted by Gasteiger charge is -2.48. The lowest BCUT2D eigenvalue weighted by molar-refractivity contribution is -0.138. The molecule has 0 unspecified atom stereocenters. The van der Waals surface area contributed by atoms with Crippen LogP contribution in [0.1, 0.15) is 78.1 Å². The highest BCUT2D eigenvalue weighted by Crippen LogP contribution is 2.49. The van der Waals surface area contributed by atoms with E-state index in [1.807, 2.05) is 0 Å². The van der Waals surface area contributed by atoms with E-state index in [1.54, 1.807) is 0 Å². The highest BCUT2D eigenvalue weighted by molar-refractivity contribution is 5.78. The van der Waals surface area contributed by atoms with Crippen LogP contribution in [0.4, 0.5) is 4.79 Å². The van der Waals surface area contributed by atoms with E-state index in [4.69, 9.17) is 4.74 Å². The van der Waals surface area contributed by atoms with Crippen molar-refractivity contribution in [3.05, 3.63) is 0 Å². The van der Waals surface area contributed by atoms with Crippen LogP contribution >= 0.6 is 0 Å². The quantitative estimate of drug-likeness (QED) is 0.853. The largest absolute Gasteiger partial charge is 0.446 e. The van der Waals surface area contributed by atoms with E-state index in [0.717, 1.165) is 64.3 Å². The summed E-state index contributed by atoms with van der Waals surface area (Å²) in [5, 5.41) is 2.97. The highest BCUT2D eigenvalue weighted by Gasteiger charge is 2.52. The molecule has 0 radical (unpaired) electrons. The minimum Gasteiger partial charge on any atom is -0.446 e. The van der Waals surface area contributed by atoms with E-state index in [-0.39, 0.29) is 23.8 Å². The number of nitrogens with one attached hydrogen (secondary N) is 1. The fourth-order valence-corrected chi connectivity index (χ4v) is 5.20. The number of nitrogens with zero attached hydrogens (tertiary/aromatic N) is 1. The van der Waals surface area contributed by atoms with Crippen molar-refractivity contribution in [3.63, 3.8) is 0 Å². The molecule has 1 aliphatic carbocycles. The van der Waals surface area contributed by atoms with E-state index >= 15 is 0 Å². The Bertz CT molecular complexity index is 477. The molecule has 3 fully saturated rings. The van der Waals surface area contributed by atoms with Crippen LogP contribution in [-0.2, 0) is 9.53 Å². The van der Waals surface area contributed by atoms with Crippen LogP contribution in [0.5, 0.6) is 0 Å². The maximum atomic E-state index is 12.4. The number of rotatable bonds is 4. The van der Waals surface area contributed by atoms with Gasteiger partial charge in [-0.25, -0.2) is 4.79 Å². The number of alkyl carbamates (subject to hydrolysis) is 1. The van der Waals surface area contributed by atoms with Gasteiger partial charge in [0.2, 0.25) is 5.91 Å². The van der Waals surface area contributed by atoms with E-state index in [1.165, 1.54) is 0 Å². The minimum absolute atomic E-state index is 0.00522. The summed E-state index contributed by atoms with van der Waals surface area (Å²) in [5.41, 5.74) is 0.0687. The number of amides is 2. The Morgan fingerprint density at radius 1 is 1.29 bits per heavy atom. The van der Waals surface area contributed by atoms with Gasteiger partial charge in [-0.1, -0.05) is 13.8 Å². The van der Waals surface area contributed by atoms with Crippen molar-refractivity contribution in [1.82, 2.24) is 10.2 Å². The molecule has 2 heterocycles. The molecule has 2 aliphatic heterocycles.